The van der Waals surface area contributed by atoms with Gasteiger partial charge in [-0.3, -0.25) is 0 Å². The van der Waals surface area contributed by atoms with Crippen LogP contribution < -0.4 is 5.73 Å². The van der Waals surface area contributed by atoms with Crippen LogP contribution in [0.25, 0.3) is 6.08 Å². The van der Waals surface area contributed by atoms with Gasteiger partial charge in [-0.2, -0.15) is 0 Å². The Morgan fingerprint density at radius 2 is 2.06 bits per heavy atom. The van der Waals surface area contributed by atoms with Gasteiger partial charge in [-0.25, -0.2) is 4.79 Å². The summed E-state index contributed by atoms with van der Waals surface area (Å²) in [6, 6.07) is 9.85. The second kappa shape index (κ2) is 7.41. The third kappa shape index (κ3) is 5.68. The van der Waals surface area contributed by atoms with Gasteiger partial charge in [0.05, 0.1) is 0 Å². The summed E-state index contributed by atoms with van der Waals surface area (Å²) in [5.74, 6) is -0.374. The van der Waals surface area contributed by atoms with Gasteiger partial charge in [0, 0.05) is 12.6 Å². The van der Waals surface area contributed by atoms with E-state index in [2.05, 4.69) is 0 Å². The Morgan fingerprint density at radius 3 is 2.71 bits per heavy atom. The second-order valence-corrected chi connectivity index (χ2v) is 3.61. The first-order valence-corrected chi connectivity index (χ1v) is 5.53. The minimum Gasteiger partial charge on any atom is -0.458 e. The van der Waals surface area contributed by atoms with Gasteiger partial charge in [0.1, 0.15) is 6.10 Å². The molecule has 0 bridgehead atoms. The van der Waals surface area contributed by atoms with E-state index in [1.807, 2.05) is 36.4 Å². The monoisotopic (exact) mass is 231 g/mol. The summed E-state index contributed by atoms with van der Waals surface area (Å²) in [7, 11) is 0. The molecular weight excluding hydrogens is 214 g/mol. The number of nitrogens with two attached hydrogens (primary N) is 1. The molecule has 0 fully saturated rings. The molecule has 0 amide bonds. The molecule has 0 saturated heterocycles. The molecule has 17 heavy (non-hydrogen) atoms. The molecule has 3 nitrogen and oxygen atoms in total. The van der Waals surface area contributed by atoms with Crippen molar-refractivity contribution in [1.29, 1.82) is 0 Å². The number of hydrogen-bond acceptors (Lipinski definition) is 3. The predicted molar refractivity (Wildman–Crippen MR) is 69.2 cm³/mol. The zero-order valence-electron chi connectivity index (χ0n) is 9.87. The number of carbonyl (C=O) groups is 1. The lowest BCUT2D eigenvalue weighted by Crippen LogP contribution is -2.22. The topological polar surface area (TPSA) is 52.3 Å². The molecule has 90 valence electrons. The maximum atomic E-state index is 11.2. The van der Waals surface area contributed by atoms with Crippen molar-refractivity contribution in [2.45, 2.75) is 13.0 Å². The van der Waals surface area contributed by atoms with Crippen LogP contribution in [0.4, 0.5) is 0 Å². The Labute approximate surface area is 102 Å². The van der Waals surface area contributed by atoms with Crippen LogP contribution in [0.15, 0.2) is 48.6 Å². The fraction of sp³-hybridized carbons (Fsp3) is 0.214. The number of benzene rings is 1. The molecule has 1 aromatic rings. The van der Waals surface area contributed by atoms with Crippen molar-refractivity contribution in [2.75, 3.05) is 6.54 Å². The highest BCUT2D eigenvalue weighted by Gasteiger charge is 2.02. The van der Waals surface area contributed by atoms with Crippen LogP contribution in [0.2, 0.25) is 0 Å². The molecule has 0 spiro atoms. The molecule has 0 aromatic heterocycles. The van der Waals surface area contributed by atoms with E-state index in [-0.39, 0.29) is 12.1 Å². The van der Waals surface area contributed by atoms with Crippen LogP contribution in [0.5, 0.6) is 0 Å². The Bertz CT molecular complexity index is 396. The molecule has 3 heteroatoms. The molecule has 0 radical (unpaired) electrons. The van der Waals surface area contributed by atoms with E-state index >= 15 is 0 Å². The van der Waals surface area contributed by atoms with Crippen LogP contribution in [0, 0.1) is 0 Å². The summed E-state index contributed by atoms with van der Waals surface area (Å²) >= 11 is 0. The molecule has 1 aromatic carbocycles. The van der Waals surface area contributed by atoms with Gasteiger partial charge in [-0.05, 0) is 12.5 Å². The highest BCUT2D eigenvalue weighted by molar-refractivity contribution is 5.82. The molecule has 2 N–H and O–H groups in total. The third-order valence-electron chi connectivity index (χ3n) is 2.08. The minimum absolute atomic E-state index is 0.245. The number of carbonyl (C=O) groups excluding carboxylic acids is 1. The van der Waals surface area contributed by atoms with Crippen molar-refractivity contribution < 1.29 is 9.53 Å². The minimum atomic E-state index is -0.374. The van der Waals surface area contributed by atoms with Gasteiger partial charge >= 0.3 is 5.97 Å². The molecule has 0 heterocycles. The van der Waals surface area contributed by atoms with Crippen molar-refractivity contribution >= 4 is 12.0 Å². The fourth-order valence-corrected chi connectivity index (χ4v) is 1.15. The van der Waals surface area contributed by atoms with E-state index in [1.165, 1.54) is 6.08 Å². The van der Waals surface area contributed by atoms with Crippen molar-refractivity contribution in [1.82, 2.24) is 0 Å². The summed E-state index contributed by atoms with van der Waals surface area (Å²) in [4.78, 5) is 11.2. The van der Waals surface area contributed by atoms with Crippen LogP contribution in [-0.2, 0) is 9.53 Å². The number of ether oxygens (including phenoxy) is 1. The van der Waals surface area contributed by atoms with E-state index in [9.17, 15) is 4.79 Å². The molecule has 0 aliphatic rings. The number of allylic oxidation sites excluding steroid dienone is 2. The van der Waals surface area contributed by atoms with E-state index in [0.717, 1.165) is 5.56 Å². The van der Waals surface area contributed by atoms with E-state index in [0.29, 0.717) is 6.54 Å². The number of hydrogen-bond donors (Lipinski definition) is 1. The number of rotatable bonds is 5. The molecular formula is C14H17NO2. The lowest BCUT2D eigenvalue weighted by Gasteiger charge is -2.07. The summed E-state index contributed by atoms with van der Waals surface area (Å²) in [5, 5.41) is 0. The lowest BCUT2D eigenvalue weighted by atomic mass is 10.2. The molecule has 1 unspecified atom stereocenters. The van der Waals surface area contributed by atoms with Gasteiger partial charge in [-0.1, -0.05) is 48.6 Å². The third-order valence-corrected chi connectivity index (χ3v) is 2.08. The Kier molecular flexibility index (Phi) is 5.75. The standard InChI is InChI=1S/C14H17NO2/c1-12(11-15)17-14(16)10-6-5-9-13-7-3-2-4-8-13/h2-10,12H,11,15H2,1H3/b9-5+,10-6+. The first-order chi connectivity index (χ1) is 8.22. The quantitative estimate of drug-likeness (QED) is 0.480. The van der Waals surface area contributed by atoms with Crippen molar-refractivity contribution in [3.05, 3.63) is 54.1 Å². The van der Waals surface area contributed by atoms with Gasteiger partial charge < -0.3 is 10.5 Å². The maximum absolute atomic E-state index is 11.2. The average molecular weight is 231 g/mol. The molecule has 1 atom stereocenters. The van der Waals surface area contributed by atoms with Crippen LogP contribution >= 0.6 is 0 Å². The molecule has 0 aliphatic heterocycles. The van der Waals surface area contributed by atoms with Crippen molar-refractivity contribution in [2.24, 2.45) is 5.73 Å². The van der Waals surface area contributed by atoms with Gasteiger partial charge in [0.15, 0.2) is 0 Å². The first kappa shape index (κ1) is 13.2. The van der Waals surface area contributed by atoms with Crippen LogP contribution in [0.1, 0.15) is 12.5 Å². The lowest BCUT2D eigenvalue weighted by molar-refractivity contribution is -0.141. The summed E-state index contributed by atoms with van der Waals surface area (Å²) in [6.07, 6.45) is 6.49. The Morgan fingerprint density at radius 1 is 1.35 bits per heavy atom. The molecule has 0 saturated carbocycles. The van der Waals surface area contributed by atoms with Gasteiger partial charge in [-0.15, -0.1) is 0 Å². The second-order valence-electron chi connectivity index (χ2n) is 3.61. The number of esters is 1. The highest BCUT2D eigenvalue weighted by atomic mass is 16.5. The Balaban J connectivity index is 2.40. The SMILES string of the molecule is CC(CN)OC(=O)/C=C/C=C/c1ccccc1. The summed E-state index contributed by atoms with van der Waals surface area (Å²) in [6.45, 7) is 2.09. The largest absolute Gasteiger partial charge is 0.458 e. The average Bonchev–Trinajstić information content (AvgIpc) is 2.36. The van der Waals surface area contributed by atoms with E-state index < -0.39 is 0 Å². The van der Waals surface area contributed by atoms with Crippen LogP contribution in [-0.4, -0.2) is 18.6 Å². The van der Waals surface area contributed by atoms with Gasteiger partial charge in [0.25, 0.3) is 0 Å². The fourth-order valence-electron chi connectivity index (χ4n) is 1.15. The first-order valence-electron chi connectivity index (χ1n) is 5.53. The normalized spacial score (nSPS) is 13.1. The zero-order chi connectivity index (χ0) is 12.5. The van der Waals surface area contributed by atoms with Crippen molar-refractivity contribution in [3.63, 3.8) is 0 Å². The smallest absolute Gasteiger partial charge is 0.331 e. The summed E-state index contributed by atoms with van der Waals surface area (Å²) < 4.78 is 4.97. The Hall–Kier alpha value is -1.87. The highest BCUT2D eigenvalue weighted by Crippen LogP contribution is 2.00. The van der Waals surface area contributed by atoms with Gasteiger partial charge in [0.2, 0.25) is 0 Å². The van der Waals surface area contributed by atoms with Crippen LogP contribution in [0.3, 0.4) is 0 Å². The van der Waals surface area contributed by atoms with E-state index in [4.69, 9.17) is 10.5 Å². The van der Waals surface area contributed by atoms with E-state index in [1.54, 1.807) is 19.1 Å². The summed E-state index contributed by atoms with van der Waals surface area (Å²) in [5.41, 5.74) is 6.42. The maximum Gasteiger partial charge on any atom is 0.331 e. The molecule has 1 rings (SSSR count). The van der Waals surface area contributed by atoms with Crippen molar-refractivity contribution in [3.8, 4) is 0 Å². The molecule has 0 aliphatic carbocycles. The predicted octanol–water partition coefficient (Wildman–Crippen LogP) is 2.15. The zero-order valence-corrected chi connectivity index (χ0v) is 9.87.